The highest BCUT2D eigenvalue weighted by atomic mass is 32.2. The summed E-state index contributed by atoms with van der Waals surface area (Å²) >= 11 is 1.25. The number of aromatic nitrogens is 3. The monoisotopic (exact) mass is 371 g/mol. The SMILES string of the molecule is Cc1cc(C(=O)CSc2nnc(C3CC3)o2)c(C)n1-c1cccc(F)c1. The fraction of sp³-hybridized carbons (Fsp3) is 0.316. The van der Waals surface area contributed by atoms with E-state index in [1.165, 1.54) is 23.9 Å². The third-order valence-corrected chi connectivity index (χ3v) is 5.29. The summed E-state index contributed by atoms with van der Waals surface area (Å²) in [5.74, 6) is 0.972. The average molecular weight is 371 g/mol. The molecule has 0 aliphatic heterocycles. The second-order valence-corrected chi connectivity index (χ2v) is 7.42. The summed E-state index contributed by atoms with van der Waals surface area (Å²) in [4.78, 5) is 12.7. The van der Waals surface area contributed by atoms with Crippen molar-refractivity contribution in [1.82, 2.24) is 14.8 Å². The Labute approximate surface area is 154 Å². The number of halogens is 1. The summed E-state index contributed by atoms with van der Waals surface area (Å²) in [5, 5.41) is 8.45. The van der Waals surface area contributed by atoms with Crippen LogP contribution in [0.5, 0.6) is 0 Å². The first kappa shape index (κ1) is 17.0. The van der Waals surface area contributed by atoms with Crippen LogP contribution in [0.25, 0.3) is 5.69 Å². The quantitative estimate of drug-likeness (QED) is 0.473. The van der Waals surface area contributed by atoms with Crippen LogP contribution in [-0.4, -0.2) is 26.3 Å². The van der Waals surface area contributed by atoms with Gasteiger partial charge >= 0.3 is 0 Å². The molecule has 1 fully saturated rings. The van der Waals surface area contributed by atoms with Crippen molar-refractivity contribution in [2.45, 2.75) is 37.8 Å². The van der Waals surface area contributed by atoms with Crippen molar-refractivity contribution in [3.8, 4) is 5.69 Å². The second kappa shape index (κ2) is 6.72. The van der Waals surface area contributed by atoms with Gasteiger partial charge in [-0.15, -0.1) is 10.2 Å². The summed E-state index contributed by atoms with van der Waals surface area (Å²) in [6.45, 7) is 3.77. The molecular formula is C19H18FN3O2S. The van der Waals surface area contributed by atoms with E-state index in [0.29, 0.717) is 28.3 Å². The van der Waals surface area contributed by atoms with E-state index in [1.54, 1.807) is 6.07 Å². The molecule has 0 radical (unpaired) electrons. The molecule has 1 aromatic carbocycles. The normalized spacial score (nSPS) is 14.0. The van der Waals surface area contributed by atoms with Gasteiger partial charge in [0.2, 0.25) is 5.89 Å². The molecule has 0 spiro atoms. The summed E-state index contributed by atoms with van der Waals surface area (Å²) < 4.78 is 21.0. The lowest BCUT2D eigenvalue weighted by Gasteiger charge is -2.09. The average Bonchev–Trinajstić information content (AvgIpc) is 3.28. The van der Waals surface area contributed by atoms with Gasteiger partial charge in [-0.05, 0) is 51.0 Å². The molecule has 1 aliphatic carbocycles. The van der Waals surface area contributed by atoms with Crippen molar-refractivity contribution in [3.05, 3.63) is 59.0 Å². The molecule has 2 heterocycles. The van der Waals surface area contributed by atoms with Gasteiger partial charge in [-0.3, -0.25) is 4.79 Å². The zero-order valence-electron chi connectivity index (χ0n) is 14.5. The van der Waals surface area contributed by atoms with Gasteiger partial charge in [0, 0.05) is 28.6 Å². The number of carbonyl (C=O) groups excluding carboxylic acids is 1. The number of aryl methyl sites for hydroxylation is 1. The fourth-order valence-electron chi connectivity index (χ4n) is 3.04. The summed E-state index contributed by atoms with van der Waals surface area (Å²) in [6.07, 6.45) is 2.19. The van der Waals surface area contributed by atoms with Crippen molar-refractivity contribution in [1.29, 1.82) is 0 Å². The number of hydrogen-bond donors (Lipinski definition) is 0. The van der Waals surface area contributed by atoms with Gasteiger partial charge in [-0.2, -0.15) is 0 Å². The molecule has 0 saturated heterocycles. The lowest BCUT2D eigenvalue weighted by molar-refractivity contribution is 0.102. The number of hydrogen-bond acceptors (Lipinski definition) is 5. The van der Waals surface area contributed by atoms with Gasteiger partial charge in [0.05, 0.1) is 5.75 Å². The first-order valence-electron chi connectivity index (χ1n) is 8.47. The number of carbonyl (C=O) groups is 1. The van der Waals surface area contributed by atoms with Gasteiger partial charge in [-0.25, -0.2) is 4.39 Å². The van der Waals surface area contributed by atoms with Gasteiger partial charge in [0.25, 0.3) is 5.22 Å². The van der Waals surface area contributed by atoms with E-state index in [4.69, 9.17) is 4.42 Å². The van der Waals surface area contributed by atoms with E-state index < -0.39 is 0 Å². The number of nitrogens with zero attached hydrogens (tertiary/aromatic N) is 3. The minimum atomic E-state index is -0.304. The van der Waals surface area contributed by atoms with Crippen LogP contribution in [0.3, 0.4) is 0 Å². The van der Waals surface area contributed by atoms with Crippen LogP contribution in [0.4, 0.5) is 4.39 Å². The summed E-state index contributed by atoms with van der Waals surface area (Å²) in [7, 11) is 0. The maximum Gasteiger partial charge on any atom is 0.277 e. The fourth-order valence-corrected chi connectivity index (χ4v) is 3.69. The molecule has 134 valence electrons. The summed E-state index contributed by atoms with van der Waals surface area (Å²) in [6, 6.07) is 8.19. The Balaban J connectivity index is 1.51. The van der Waals surface area contributed by atoms with Gasteiger partial charge in [0.1, 0.15) is 5.82 Å². The largest absolute Gasteiger partial charge is 0.416 e. The zero-order valence-corrected chi connectivity index (χ0v) is 15.3. The van der Waals surface area contributed by atoms with Gasteiger partial charge < -0.3 is 8.98 Å². The molecule has 7 heteroatoms. The van der Waals surface area contributed by atoms with Crippen molar-refractivity contribution >= 4 is 17.5 Å². The molecule has 0 atom stereocenters. The van der Waals surface area contributed by atoms with E-state index in [2.05, 4.69) is 10.2 Å². The van der Waals surface area contributed by atoms with E-state index >= 15 is 0 Å². The standard InChI is InChI=1S/C19H18FN3O2S/c1-11-8-16(12(2)23(11)15-5-3-4-14(20)9-15)17(24)10-26-19-22-21-18(25-19)13-6-7-13/h3-5,8-9,13H,6-7,10H2,1-2H3. The molecule has 0 unspecified atom stereocenters. The Morgan fingerprint density at radius 2 is 2.12 bits per heavy atom. The molecule has 0 N–H and O–H groups in total. The molecule has 0 amide bonds. The zero-order chi connectivity index (χ0) is 18.3. The van der Waals surface area contributed by atoms with Crippen molar-refractivity contribution < 1.29 is 13.6 Å². The van der Waals surface area contributed by atoms with Crippen LogP contribution >= 0.6 is 11.8 Å². The first-order chi connectivity index (χ1) is 12.5. The minimum absolute atomic E-state index is 0.0167. The molecule has 1 saturated carbocycles. The Morgan fingerprint density at radius 3 is 2.85 bits per heavy atom. The highest BCUT2D eigenvalue weighted by Crippen LogP contribution is 2.39. The third kappa shape index (κ3) is 3.31. The van der Waals surface area contributed by atoms with Crippen LogP contribution < -0.4 is 0 Å². The van der Waals surface area contributed by atoms with Crippen molar-refractivity contribution in [2.75, 3.05) is 5.75 Å². The molecule has 3 aromatic rings. The van der Waals surface area contributed by atoms with Crippen LogP contribution in [0, 0.1) is 19.7 Å². The Hall–Kier alpha value is -2.41. The Kier molecular flexibility index (Phi) is 4.40. The molecule has 4 rings (SSSR count). The number of ketones is 1. The molecule has 26 heavy (non-hydrogen) atoms. The van der Waals surface area contributed by atoms with Crippen LogP contribution in [0.1, 0.15) is 46.4 Å². The highest BCUT2D eigenvalue weighted by Gasteiger charge is 2.29. The molecular weight excluding hydrogens is 353 g/mol. The smallest absolute Gasteiger partial charge is 0.277 e. The van der Waals surface area contributed by atoms with E-state index in [0.717, 1.165) is 24.2 Å². The van der Waals surface area contributed by atoms with Crippen LogP contribution in [0.2, 0.25) is 0 Å². The van der Waals surface area contributed by atoms with Crippen molar-refractivity contribution in [3.63, 3.8) is 0 Å². The maximum absolute atomic E-state index is 13.5. The van der Waals surface area contributed by atoms with E-state index in [1.807, 2.05) is 30.5 Å². The predicted molar refractivity (Wildman–Crippen MR) is 96.5 cm³/mol. The predicted octanol–water partition coefficient (Wildman–Crippen LogP) is 4.47. The van der Waals surface area contributed by atoms with E-state index in [9.17, 15) is 9.18 Å². The van der Waals surface area contributed by atoms with Gasteiger partial charge in [0.15, 0.2) is 5.78 Å². The molecule has 2 aromatic heterocycles. The maximum atomic E-state index is 13.5. The number of Topliss-reactive ketones (excluding diaryl/α,β-unsaturated/α-hetero) is 1. The lowest BCUT2D eigenvalue weighted by atomic mass is 10.2. The van der Waals surface area contributed by atoms with E-state index in [-0.39, 0.29) is 17.4 Å². The van der Waals surface area contributed by atoms with Crippen molar-refractivity contribution in [2.24, 2.45) is 0 Å². The molecule has 5 nitrogen and oxygen atoms in total. The summed E-state index contributed by atoms with van der Waals surface area (Å²) in [5.41, 5.74) is 3.01. The topological polar surface area (TPSA) is 60.9 Å². The number of rotatable bonds is 6. The van der Waals surface area contributed by atoms with Gasteiger partial charge in [-0.1, -0.05) is 17.8 Å². The Bertz CT molecular complexity index is 975. The second-order valence-electron chi connectivity index (χ2n) is 6.49. The number of benzene rings is 1. The number of thioether (sulfide) groups is 1. The van der Waals surface area contributed by atoms with Crippen LogP contribution in [0.15, 0.2) is 40.0 Å². The first-order valence-corrected chi connectivity index (χ1v) is 9.46. The third-order valence-electron chi connectivity index (χ3n) is 4.47. The lowest BCUT2D eigenvalue weighted by Crippen LogP contribution is -2.05. The Morgan fingerprint density at radius 1 is 1.31 bits per heavy atom. The molecule has 1 aliphatic rings. The highest BCUT2D eigenvalue weighted by molar-refractivity contribution is 7.99. The van der Waals surface area contributed by atoms with Crippen LogP contribution in [-0.2, 0) is 0 Å². The minimum Gasteiger partial charge on any atom is -0.416 e. The molecule has 0 bridgehead atoms.